The fourth-order valence-corrected chi connectivity index (χ4v) is 1.03. The van der Waals surface area contributed by atoms with Gasteiger partial charge in [-0.15, -0.1) is 4.91 Å². The molecule has 0 aliphatic carbocycles. The molecule has 6 heteroatoms. The van der Waals surface area contributed by atoms with E-state index in [0.29, 0.717) is 6.54 Å². The Labute approximate surface area is 78.2 Å². The van der Waals surface area contributed by atoms with E-state index in [0.717, 1.165) is 19.4 Å². The van der Waals surface area contributed by atoms with Gasteiger partial charge in [0.1, 0.15) is 0 Å². The van der Waals surface area contributed by atoms with Crippen molar-refractivity contribution in [3.05, 3.63) is 4.91 Å². The molecule has 0 atom stereocenters. The van der Waals surface area contributed by atoms with Gasteiger partial charge in [0, 0.05) is 6.54 Å². The lowest BCUT2D eigenvalue weighted by molar-refractivity contribution is -0.627. The van der Waals surface area contributed by atoms with E-state index >= 15 is 0 Å². The van der Waals surface area contributed by atoms with Crippen LogP contribution in [-0.2, 0) is 0 Å². The van der Waals surface area contributed by atoms with Crippen molar-refractivity contribution in [2.75, 3.05) is 20.1 Å². The molecule has 0 aromatic rings. The van der Waals surface area contributed by atoms with Gasteiger partial charge in [-0.25, -0.2) is 0 Å². The van der Waals surface area contributed by atoms with Gasteiger partial charge in [0.15, 0.2) is 0 Å². The number of nitrogens with zero attached hydrogens (tertiary/aromatic N) is 2. The van der Waals surface area contributed by atoms with E-state index in [1.54, 1.807) is 0 Å². The molecule has 0 saturated heterocycles. The van der Waals surface area contributed by atoms with Crippen LogP contribution in [0.5, 0.6) is 0 Å². The van der Waals surface area contributed by atoms with E-state index in [1.165, 1.54) is 12.8 Å². The molecule has 0 fully saturated rings. The molecule has 6 nitrogen and oxygen atoms in total. The summed E-state index contributed by atoms with van der Waals surface area (Å²) in [4.78, 5) is 9.67. The average Bonchev–Trinajstić information content (AvgIpc) is 2.16. The standard InChI is InChI=1S/C7H18N4O2/c1-8-6-4-2-3-5-7-9-11(13)10-12/h8-9,13H,2-7H2,1H3/p+1. The Morgan fingerprint density at radius 3 is 2.69 bits per heavy atom. The van der Waals surface area contributed by atoms with Crippen LogP contribution in [0.25, 0.3) is 0 Å². The van der Waals surface area contributed by atoms with E-state index in [4.69, 9.17) is 5.21 Å². The molecular formula is C7H19N4O2+. The Kier molecular flexibility index (Phi) is 8.85. The second-order valence-corrected chi connectivity index (χ2v) is 2.89. The third kappa shape index (κ3) is 9.19. The monoisotopic (exact) mass is 191 g/mol. The van der Waals surface area contributed by atoms with Crippen LogP contribution in [0.3, 0.4) is 0 Å². The second-order valence-electron chi connectivity index (χ2n) is 2.89. The SMILES string of the molecule is C[NH2+]CCCCCCNN(O)N=O. The molecule has 0 heterocycles. The number of rotatable bonds is 9. The van der Waals surface area contributed by atoms with Crippen LogP contribution in [-0.4, -0.2) is 30.6 Å². The summed E-state index contributed by atoms with van der Waals surface area (Å²) in [7, 11) is 2.06. The molecule has 0 aromatic heterocycles. The predicted molar refractivity (Wildman–Crippen MR) is 48.6 cm³/mol. The zero-order valence-corrected chi connectivity index (χ0v) is 8.07. The largest absolute Gasteiger partial charge is 0.349 e. The van der Waals surface area contributed by atoms with Gasteiger partial charge in [-0.2, -0.15) is 5.43 Å². The normalized spacial score (nSPS) is 10.0. The Balaban J connectivity index is 2.95. The zero-order chi connectivity index (χ0) is 9.94. The summed E-state index contributed by atoms with van der Waals surface area (Å²) in [5, 5.41) is 13.2. The van der Waals surface area contributed by atoms with Crippen LogP contribution in [0, 0.1) is 4.91 Å². The molecule has 4 N–H and O–H groups in total. The molecule has 78 valence electrons. The fourth-order valence-electron chi connectivity index (χ4n) is 1.03. The predicted octanol–water partition coefficient (Wildman–Crippen LogP) is -0.383. The van der Waals surface area contributed by atoms with Crippen LogP contribution in [0.4, 0.5) is 0 Å². The molecule has 0 spiro atoms. The average molecular weight is 191 g/mol. The third-order valence-electron chi connectivity index (χ3n) is 1.75. The summed E-state index contributed by atoms with van der Waals surface area (Å²) in [5.41, 5.74) is 2.43. The van der Waals surface area contributed by atoms with Crippen LogP contribution < -0.4 is 10.7 Å². The topological polar surface area (TPSA) is 81.5 Å². The van der Waals surface area contributed by atoms with E-state index in [1.807, 2.05) is 0 Å². The molecule has 0 amide bonds. The number of hydrazine groups is 1. The maximum absolute atomic E-state index is 9.67. The number of nitrogens with two attached hydrogens (primary N) is 1. The first-order valence-corrected chi connectivity index (χ1v) is 4.65. The molecule has 0 bridgehead atoms. The van der Waals surface area contributed by atoms with Gasteiger partial charge in [0.05, 0.1) is 18.9 Å². The first-order valence-electron chi connectivity index (χ1n) is 4.65. The van der Waals surface area contributed by atoms with Crippen molar-refractivity contribution in [3.63, 3.8) is 0 Å². The zero-order valence-electron chi connectivity index (χ0n) is 8.07. The molecule has 0 unspecified atom stereocenters. The first kappa shape index (κ1) is 12.3. The summed E-state index contributed by atoms with van der Waals surface area (Å²) in [6.07, 6.45) is 4.45. The van der Waals surface area contributed by atoms with Gasteiger partial charge in [-0.3, -0.25) is 5.21 Å². The first-order chi connectivity index (χ1) is 6.31. The van der Waals surface area contributed by atoms with Crippen molar-refractivity contribution in [3.8, 4) is 0 Å². The van der Waals surface area contributed by atoms with Gasteiger partial charge in [0.25, 0.3) is 0 Å². The fraction of sp³-hybridized carbons (Fsp3) is 1.00. The van der Waals surface area contributed by atoms with Crippen molar-refractivity contribution >= 4 is 0 Å². The quantitative estimate of drug-likeness (QED) is 0.263. The Bertz CT molecular complexity index is 123. The highest BCUT2D eigenvalue weighted by molar-refractivity contribution is 4.43. The minimum atomic E-state index is 0.208. The number of hydrogen-bond acceptors (Lipinski definition) is 4. The van der Waals surface area contributed by atoms with E-state index in [9.17, 15) is 4.91 Å². The van der Waals surface area contributed by atoms with Crippen molar-refractivity contribution in [1.82, 2.24) is 10.7 Å². The van der Waals surface area contributed by atoms with Crippen molar-refractivity contribution in [2.24, 2.45) is 5.29 Å². The highest BCUT2D eigenvalue weighted by Gasteiger charge is 1.94. The lowest BCUT2D eigenvalue weighted by Crippen LogP contribution is -2.79. The van der Waals surface area contributed by atoms with Crippen molar-refractivity contribution in [1.29, 1.82) is 0 Å². The van der Waals surface area contributed by atoms with Crippen LogP contribution >= 0.6 is 0 Å². The Hall–Kier alpha value is -0.720. The van der Waals surface area contributed by atoms with Crippen molar-refractivity contribution < 1.29 is 10.5 Å². The Morgan fingerprint density at radius 1 is 1.38 bits per heavy atom. The number of quaternary nitrogens is 1. The van der Waals surface area contributed by atoms with Crippen molar-refractivity contribution in [2.45, 2.75) is 25.7 Å². The lowest BCUT2D eigenvalue weighted by Gasteiger charge is -2.06. The molecular weight excluding hydrogens is 172 g/mol. The summed E-state index contributed by atoms with van der Waals surface area (Å²) in [5.74, 6) is 0. The van der Waals surface area contributed by atoms with Crippen LogP contribution in [0.1, 0.15) is 25.7 Å². The molecule has 0 aromatic carbocycles. The van der Waals surface area contributed by atoms with Gasteiger partial charge < -0.3 is 5.32 Å². The number of hydrogen-bond donors (Lipinski definition) is 3. The third-order valence-corrected chi connectivity index (χ3v) is 1.75. The number of nitrogens with one attached hydrogen (secondary N) is 1. The van der Waals surface area contributed by atoms with Crippen LogP contribution in [0.2, 0.25) is 0 Å². The van der Waals surface area contributed by atoms with Gasteiger partial charge in [-0.1, -0.05) is 11.7 Å². The highest BCUT2D eigenvalue weighted by Crippen LogP contribution is 1.96. The van der Waals surface area contributed by atoms with Gasteiger partial charge in [-0.05, 0) is 19.3 Å². The molecule has 0 rings (SSSR count). The Morgan fingerprint density at radius 2 is 2.08 bits per heavy atom. The minimum Gasteiger partial charge on any atom is -0.349 e. The number of unbranched alkanes of at least 4 members (excludes halogenated alkanes) is 3. The highest BCUT2D eigenvalue weighted by atomic mass is 16.6. The van der Waals surface area contributed by atoms with Crippen LogP contribution in [0.15, 0.2) is 5.29 Å². The lowest BCUT2D eigenvalue weighted by atomic mass is 10.2. The maximum Gasteiger partial charge on any atom is 0.0960 e. The van der Waals surface area contributed by atoms with Gasteiger partial charge in [0.2, 0.25) is 0 Å². The second kappa shape index (κ2) is 9.37. The minimum absolute atomic E-state index is 0.208. The molecule has 0 radical (unpaired) electrons. The molecule has 0 aliphatic heterocycles. The smallest absolute Gasteiger partial charge is 0.0960 e. The van der Waals surface area contributed by atoms with Gasteiger partial charge >= 0.3 is 0 Å². The summed E-state index contributed by atoms with van der Waals surface area (Å²) in [6, 6.07) is 0. The number of nitroso groups, excluding NO2 is 1. The van der Waals surface area contributed by atoms with E-state index < -0.39 is 0 Å². The molecule has 0 aliphatic rings. The molecule has 13 heavy (non-hydrogen) atoms. The molecule has 0 saturated carbocycles. The van der Waals surface area contributed by atoms with E-state index in [-0.39, 0.29) is 5.28 Å². The maximum atomic E-state index is 9.67. The van der Waals surface area contributed by atoms with E-state index in [2.05, 4.69) is 23.1 Å². The summed E-state index contributed by atoms with van der Waals surface area (Å²) in [6.45, 7) is 1.74. The summed E-state index contributed by atoms with van der Waals surface area (Å²) < 4.78 is 0. The summed E-state index contributed by atoms with van der Waals surface area (Å²) >= 11 is 0.